The van der Waals surface area contributed by atoms with Crippen LogP contribution in [0.2, 0.25) is 0 Å². The Bertz CT molecular complexity index is 1380. The molecule has 0 spiro atoms. The van der Waals surface area contributed by atoms with Crippen LogP contribution in [-0.2, 0) is 9.59 Å². The van der Waals surface area contributed by atoms with E-state index in [0.717, 1.165) is 33.1 Å². The number of hydrogen-bond acceptors (Lipinski definition) is 5. The summed E-state index contributed by atoms with van der Waals surface area (Å²) in [4.78, 5) is 32.5. The number of anilines is 2. The second-order valence-electron chi connectivity index (χ2n) is 8.39. The minimum absolute atomic E-state index is 0.101. The second-order valence-corrected chi connectivity index (χ2v) is 9.25. The van der Waals surface area contributed by atoms with Crippen molar-refractivity contribution in [2.24, 2.45) is 0 Å². The molecule has 0 radical (unpaired) electrons. The fourth-order valence-electron chi connectivity index (χ4n) is 4.07. The summed E-state index contributed by atoms with van der Waals surface area (Å²) >= 11 is 1.57. The molecule has 176 valence electrons. The zero-order valence-corrected chi connectivity index (χ0v) is 20.3. The van der Waals surface area contributed by atoms with Crippen LogP contribution < -0.4 is 15.0 Å². The molecule has 5 rings (SSSR count). The number of thiazole rings is 1. The number of rotatable bonds is 6. The van der Waals surface area contributed by atoms with Gasteiger partial charge in [-0.05, 0) is 43.2 Å². The molecule has 6 nitrogen and oxygen atoms in total. The molecule has 7 heteroatoms. The van der Waals surface area contributed by atoms with Crippen molar-refractivity contribution >= 4 is 34.5 Å². The second kappa shape index (κ2) is 9.72. The van der Waals surface area contributed by atoms with Crippen molar-refractivity contribution in [1.82, 2.24) is 4.98 Å². The van der Waals surface area contributed by atoms with Gasteiger partial charge in [0.25, 0.3) is 5.91 Å². The van der Waals surface area contributed by atoms with Crippen molar-refractivity contribution in [3.05, 3.63) is 83.7 Å². The number of aromatic nitrogens is 1. The van der Waals surface area contributed by atoms with Crippen LogP contribution in [0.1, 0.15) is 18.9 Å². The molecular weight excluding hydrogens is 458 g/mol. The van der Waals surface area contributed by atoms with E-state index in [1.54, 1.807) is 11.3 Å². The lowest BCUT2D eigenvalue weighted by Gasteiger charge is -2.34. The van der Waals surface area contributed by atoms with Crippen molar-refractivity contribution in [1.29, 1.82) is 0 Å². The van der Waals surface area contributed by atoms with Gasteiger partial charge < -0.3 is 10.1 Å². The van der Waals surface area contributed by atoms with Crippen LogP contribution in [-0.4, -0.2) is 29.4 Å². The van der Waals surface area contributed by atoms with Gasteiger partial charge in [-0.3, -0.25) is 14.5 Å². The van der Waals surface area contributed by atoms with E-state index in [1.165, 1.54) is 4.90 Å². The van der Waals surface area contributed by atoms with E-state index < -0.39 is 6.10 Å². The first-order valence-corrected chi connectivity index (χ1v) is 12.4. The highest BCUT2D eigenvalue weighted by molar-refractivity contribution is 7.13. The van der Waals surface area contributed by atoms with Gasteiger partial charge in [-0.25, -0.2) is 4.98 Å². The first kappa shape index (κ1) is 22.8. The number of carbonyl (C=O) groups is 2. The average molecular weight is 484 g/mol. The topological polar surface area (TPSA) is 71.5 Å². The quantitative estimate of drug-likeness (QED) is 0.369. The van der Waals surface area contributed by atoms with Crippen LogP contribution in [0, 0.1) is 6.92 Å². The number of benzene rings is 3. The van der Waals surface area contributed by atoms with E-state index in [1.807, 2.05) is 92.0 Å². The molecular formula is C28H25N3O3S. The normalized spacial score (nSPS) is 14.9. The highest BCUT2D eigenvalue weighted by atomic mass is 32.1. The number of aryl methyl sites for hydroxylation is 1. The van der Waals surface area contributed by atoms with Crippen molar-refractivity contribution < 1.29 is 14.3 Å². The SMILES string of the molecule is CCC1Oc2ccc(-c3csc(-c4ccccc4)n3)cc2N(CC(=O)Nc2ccccc2C)C1=O. The number of nitrogens with one attached hydrogen (secondary N) is 1. The molecule has 1 aromatic heterocycles. The predicted octanol–water partition coefficient (Wildman–Crippen LogP) is 5.93. The van der Waals surface area contributed by atoms with Gasteiger partial charge in [-0.1, -0.05) is 55.5 Å². The fourth-order valence-corrected chi connectivity index (χ4v) is 4.91. The van der Waals surface area contributed by atoms with Crippen LogP contribution in [0.3, 0.4) is 0 Å². The number of fused-ring (bicyclic) bond motifs is 1. The van der Waals surface area contributed by atoms with Crippen LogP contribution in [0.25, 0.3) is 21.8 Å². The lowest BCUT2D eigenvalue weighted by Crippen LogP contribution is -2.48. The molecule has 0 saturated heterocycles. The Morgan fingerprint density at radius 2 is 1.83 bits per heavy atom. The van der Waals surface area contributed by atoms with E-state index in [9.17, 15) is 9.59 Å². The van der Waals surface area contributed by atoms with Crippen molar-refractivity contribution in [3.8, 4) is 27.6 Å². The van der Waals surface area contributed by atoms with E-state index in [2.05, 4.69) is 5.32 Å². The number of nitrogens with zero attached hydrogens (tertiary/aromatic N) is 2. The van der Waals surface area contributed by atoms with Gasteiger partial charge in [0, 0.05) is 22.2 Å². The number of carbonyl (C=O) groups excluding carboxylic acids is 2. The molecule has 1 aliphatic rings. The lowest BCUT2D eigenvalue weighted by molar-refractivity contribution is -0.128. The molecule has 35 heavy (non-hydrogen) atoms. The zero-order valence-electron chi connectivity index (χ0n) is 19.5. The van der Waals surface area contributed by atoms with Gasteiger partial charge in [-0.15, -0.1) is 11.3 Å². The summed E-state index contributed by atoms with van der Waals surface area (Å²) in [5, 5.41) is 5.85. The zero-order chi connectivity index (χ0) is 24.4. The Morgan fingerprint density at radius 1 is 1.06 bits per heavy atom. The summed E-state index contributed by atoms with van der Waals surface area (Å²) in [6, 6.07) is 23.3. The van der Waals surface area contributed by atoms with Crippen LogP contribution in [0.4, 0.5) is 11.4 Å². The van der Waals surface area contributed by atoms with Crippen LogP contribution >= 0.6 is 11.3 Å². The number of para-hydroxylation sites is 1. The molecule has 0 bridgehead atoms. The summed E-state index contributed by atoms with van der Waals surface area (Å²) in [5.41, 5.74) is 4.99. The third-order valence-corrected chi connectivity index (χ3v) is 6.86. The first-order valence-electron chi connectivity index (χ1n) is 11.5. The van der Waals surface area contributed by atoms with Crippen molar-refractivity contribution in [2.45, 2.75) is 26.4 Å². The highest BCUT2D eigenvalue weighted by Gasteiger charge is 2.35. The Labute approximate surface area is 208 Å². The Hall–Kier alpha value is -3.97. The minimum Gasteiger partial charge on any atom is -0.478 e. The molecule has 2 amide bonds. The summed E-state index contributed by atoms with van der Waals surface area (Å²) in [7, 11) is 0. The number of ether oxygens (including phenoxy) is 1. The molecule has 1 atom stereocenters. The van der Waals surface area contributed by atoms with E-state index in [0.29, 0.717) is 17.9 Å². The monoisotopic (exact) mass is 483 g/mol. The summed E-state index contributed by atoms with van der Waals surface area (Å²) in [5.74, 6) is 0.100. The smallest absolute Gasteiger partial charge is 0.268 e. The average Bonchev–Trinajstić information content (AvgIpc) is 3.38. The molecule has 0 saturated carbocycles. The molecule has 1 aliphatic heterocycles. The van der Waals surface area contributed by atoms with Gasteiger partial charge in [0.05, 0.1) is 11.4 Å². The molecule has 2 heterocycles. The molecule has 1 N–H and O–H groups in total. The van der Waals surface area contributed by atoms with E-state index in [-0.39, 0.29) is 18.4 Å². The van der Waals surface area contributed by atoms with Crippen molar-refractivity contribution in [3.63, 3.8) is 0 Å². The highest BCUT2D eigenvalue weighted by Crippen LogP contribution is 2.39. The third kappa shape index (κ3) is 4.68. The number of hydrogen-bond donors (Lipinski definition) is 1. The van der Waals surface area contributed by atoms with Crippen molar-refractivity contribution in [2.75, 3.05) is 16.8 Å². The van der Waals surface area contributed by atoms with Gasteiger partial charge in [0.1, 0.15) is 17.3 Å². The maximum Gasteiger partial charge on any atom is 0.268 e. The molecule has 0 fully saturated rings. The maximum atomic E-state index is 13.2. The first-order chi connectivity index (χ1) is 17.0. The van der Waals surface area contributed by atoms with E-state index in [4.69, 9.17) is 9.72 Å². The third-order valence-electron chi connectivity index (χ3n) is 5.97. The lowest BCUT2D eigenvalue weighted by atomic mass is 10.1. The molecule has 3 aromatic carbocycles. The van der Waals surface area contributed by atoms with Gasteiger partial charge in [0.2, 0.25) is 5.91 Å². The summed E-state index contributed by atoms with van der Waals surface area (Å²) in [6.07, 6.45) is -0.105. The van der Waals surface area contributed by atoms with Crippen LogP contribution in [0.15, 0.2) is 78.2 Å². The predicted molar refractivity (Wildman–Crippen MR) is 140 cm³/mol. The van der Waals surface area contributed by atoms with Gasteiger partial charge in [0.15, 0.2) is 6.10 Å². The molecule has 1 unspecified atom stereocenters. The minimum atomic E-state index is -0.622. The molecule has 0 aliphatic carbocycles. The standard InChI is InChI=1S/C28H25N3O3S/c1-3-24-28(33)31(16-26(32)29-21-12-8-7-9-18(21)2)23-15-20(13-14-25(23)34-24)22-17-35-27(30-22)19-10-5-4-6-11-19/h4-15,17,24H,3,16H2,1-2H3,(H,29,32). The van der Waals surface area contributed by atoms with E-state index >= 15 is 0 Å². The maximum absolute atomic E-state index is 13.2. The summed E-state index contributed by atoms with van der Waals surface area (Å²) < 4.78 is 5.97. The Balaban J connectivity index is 1.45. The molecule has 4 aromatic rings. The fraction of sp³-hybridized carbons (Fsp3) is 0.179. The summed E-state index contributed by atoms with van der Waals surface area (Å²) in [6.45, 7) is 3.73. The van der Waals surface area contributed by atoms with Gasteiger partial charge >= 0.3 is 0 Å². The Morgan fingerprint density at radius 3 is 2.60 bits per heavy atom. The van der Waals surface area contributed by atoms with Crippen LogP contribution in [0.5, 0.6) is 5.75 Å². The largest absolute Gasteiger partial charge is 0.478 e. The number of amides is 2. The van der Waals surface area contributed by atoms with Gasteiger partial charge in [-0.2, -0.15) is 0 Å². The Kier molecular flexibility index (Phi) is 6.33.